The number of hydrogen-bond donors (Lipinski definition) is 0. The van der Waals surface area contributed by atoms with Crippen LogP contribution in [0.1, 0.15) is 17.3 Å². The number of hydrogen-bond acceptors (Lipinski definition) is 2. The lowest BCUT2D eigenvalue weighted by atomic mass is 10.0. The summed E-state index contributed by atoms with van der Waals surface area (Å²) in [6.07, 6.45) is 1.99. The number of aromatic nitrogens is 1. The van der Waals surface area contributed by atoms with Crippen LogP contribution in [0.15, 0.2) is 76.2 Å². The Labute approximate surface area is 166 Å². The molecule has 1 aromatic heterocycles. The summed E-state index contributed by atoms with van der Waals surface area (Å²) in [7, 11) is -3.69. The fraction of sp³-hybridized carbons (Fsp3) is 0.158. The molecule has 0 bridgehead atoms. The number of halogens is 2. The lowest BCUT2D eigenvalue weighted by molar-refractivity contribution is 0.298. The highest BCUT2D eigenvalue weighted by Crippen LogP contribution is 2.37. The summed E-state index contributed by atoms with van der Waals surface area (Å²) in [5.74, 6) is 0. The first-order valence-electron chi connectivity index (χ1n) is 8.15. The summed E-state index contributed by atoms with van der Waals surface area (Å²) < 4.78 is 31.4. The molecule has 0 spiro atoms. The minimum absolute atomic E-state index is 0.215. The van der Waals surface area contributed by atoms with Gasteiger partial charge in [0.1, 0.15) is 0 Å². The highest BCUT2D eigenvalue weighted by molar-refractivity contribution is 9.10. The van der Waals surface area contributed by atoms with Crippen molar-refractivity contribution in [2.45, 2.75) is 17.5 Å². The van der Waals surface area contributed by atoms with Gasteiger partial charge in [0.25, 0.3) is 0 Å². The predicted octanol–water partition coefficient (Wildman–Crippen LogP) is 4.70. The Hall–Kier alpha value is -1.60. The zero-order chi connectivity index (χ0) is 18.3. The molecule has 1 unspecified atom stereocenters. The van der Waals surface area contributed by atoms with Crippen LogP contribution >= 0.6 is 27.5 Å². The van der Waals surface area contributed by atoms with Crippen LogP contribution in [0.5, 0.6) is 0 Å². The second-order valence-electron chi connectivity index (χ2n) is 6.15. The second-order valence-corrected chi connectivity index (χ2v) is 9.40. The van der Waals surface area contributed by atoms with Gasteiger partial charge in [0.15, 0.2) is 0 Å². The van der Waals surface area contributed by atoms with Gasteiger partial charge in [-0.15, -0.1) is 0 Å². The van der Waals surface area contributed by atoms with Gasteiger partial charge < -0.3 is 4.57 Å². The van der Waals surface area contributed by atoms with Gasteiger partial charge in [0, 0.05) is 34.5 Å². The maximum absolute atomic E-state index is 13.4. The monoisotopic (exact) mass is 450 g/mol. The zero-order valence-electron chi connectivity index (χ0n) is 13.7. The van der Waals surface area contributed by atoms with Crippen molar-refractivity contribution in [3.8, 4) is 0 Å². The maximum Gasteiger partial charge on any atom is 0.244 e. The van der Waals surface area contributed by atoms with E-state index in [4.69, 9.17) is 11.6 Å². The van der Waals surface area contributed by atoms with E-state index in [1.165, 1.54) is 6.07 Å². The molecule has 1 aliphatic rings. The summed E-state index contributed by atoms with van der Waals surface area (Å²) in [6, 6.07) is 17.8. The van der Waals surface area contributed by atoms with Crippen LogP contribution in [0.25, 0.3) is 0 Å². The molecule has 0 N–H and O–H groups in total. The average Bonchev–Trinajstić information content (AvgIpc) is 3.10. The van der Waals surface area contributed by atoms with E-state index in [0.717, 1.165) is 15.7 Å². The van der Waals surface area contributed by atoms with Crippen molar-refractivity contribution in [2.24, 2.45) is 0 Å². The first-order valence-corrected chi connectivity index (χ1v) is 10.8. The standard InChI is InChI=1S/C19H16BrClN2O2S/c20-15-8-6-14(7-9-15)19-18-5-2-10-22(18)11-12-23(19)26(24,25)17-4-1-3-16(21)13-17/h1-10,13,19H,11-12H2. The van der Waals surface area contributed by atoms with Gasteiger partial charge in [-0.2, -0.15) is 4.31 Å². The summed E-state index contributed by atoms with van der Waals surface area (Å²) in [4.78, 5) is 0.215. The molecule has 1 atom stereocenters. The van der Waals surface area contributed by atoms with E-state index in [-0.39, 0.29) is 10.9 Å². The van der Waals surface area contributed by atoms with Crippen molar-refractivity contribution >= 4 is 37.6 Å². The van der Waals surface area contributed by atoms with E-state index in [1.807, 2.05) is 42.6 Å². The molecule has 4 rings (SSSR count). The van der Waals surface area contributed by atoms with Crippen LogP contribution in [0.4, 0.5) is 0 Å². The summed E-state index contributed by atoms with van der Waals surface area (Å²) in [5.41, 5.74) is 1.89. The van der Waals surface area contributed by atoms with Crippen molar-refractivity contribution in [3.05, 3.63) is 87.6 Å². The lowest BCUT2D eigenvalue weighted by Gasteiger charge is -2.36. The number of sulfonamides is 1. The summed E-state index contributed by atoms with van der Waals surface area (Å²) in [5, 5.41) is 0.409. The minimum atomic E-state index is -3.69. The molecule has 0 radical (unpaired) electrons. The summed E-state index contributed by atoms with van der Waals surface area (Å²) in [6.45, 7) is 1.02. The third-order valence-corrected chi connectivity index (χ3v) is 7.21. The normalized spacial score (nSPS) is 17.8. The highest BCUT2D eigenvalue weighted by Gasteiger charge is 2.37. The molecule has 134 valence electrons. The molecule has 0 saturated carbocycles. The van der Waals surface area contributed by atoms with E-state index in [1.54, 1.807) is 22.5 Å². The Morgan fingerprint density at radius 2 is 1.77 bits per heavy atom. The molecule has 1 aliphatic heterocycles. The Morgan fingerprint density at radius 3 is 2.50 bits per heavy atom. The topological polar surface area (TPSA) is 42.3 Å². The first-order chi connectivity index (χ1) is 12.5. The fourth-order valence-electron chi connectivity index (χ4n) is 3.37. The van der Waals surface area contributed by atoms with Crippen molar-refractivity contribution in [1.82, 2.24) is 8.87 Å². The number of nitrogens with zero attached hydrogens (tertiary/aromatic N) is 2. The van der Waals surface area contributed by atoms with Gasteiger partial charge in [0.05, 0.1) is 10.9 Å². The van der Waals surface area contributed by atoms with E-state index >= 15 is 0 Å². The first kappa shape index (κ1) is 17.8. The molecule has 0 amide bonds. The van der Waals surface area contributed by atoms with Crippen LogP contribution in [-0.4, -0.2) is 23.8 Å². The summed E-state index contributed by atoms with van der Waals surface area (Å²) >= 11 is 9.47. The van der Waals surface area contributed by atoms with Gasteiger partial charge in [-0.25, -0.2) is 8.42 Å². The third kappa shape index (κ3) is 3.11. The van der Waals surface area contributed by atoms with E-state index in [9.17, 15) is 8.42 Å². The average molecular weight is 452 g/mol. The van der Waals surface area contributed by atoms with Gasteiger partial charge in [-0.1, -0.05) is 45.7 Å². The van der Waals surface area contributed by atoms with Crippen molar-refractivity contribution in [3.63, 3.8) is 0 Å². The van der Waals surface area contributed by atoms with Crippen molar-refractivity contribution in [1.29, 1.82) is 0 Å². The van der Waals surface area contributed by atoms with Gasteiger partial charge in [0.2, 0.25) is 10.0 Å². The molecule has 3 aromatic rings. The molecule has 0 fully saturated rings. The smallest absolute Gasteiger partial charge is 0.244 e. The van der Waals surface area contributed by atoms with Crippen LogP contribution in [0, 0.1) is 0 Å². The van der Waals surface area contributed by atoms with E-state index in [2.05, 4.69) is 20.5 Å². The van der Waals surface area contributed by atoms with Gasteiger partial charge >= 0.3 is 0 Å². The van der Waals surface area contributed by atoms with Crippen LogP contribution < -0.4 is 0 Å². The molecule has 2 heterocycles. The molecular weight excluding hydrogens is 436 g/mol. The van der Waals surface area contributed by atoms with Crippen molar-refractivity contribution < 1.29 is 8.42 Å². The van der Waals surface area contributed by atoms with Crippen LogP contribution in [0.2, 0.25) is 5.02 Å². The Bertz CT molecular complexity index is 1050. The molecule has 0 aliphatic carbocycles. The molecular formula is C19H16BrClN2O2S. The largest absolute Gasteiger partial charge is 0.348 e. The second kappa shape index (κ2) is 6.85. The lowest BCUT2D eigenvalue weighted by Crippen LogP contribution is -2.42. The van der Waals surface area contributed by atoms with E-state index in [0.29, 0.717) is 18.1 Å². The predicted molar refractivity (Wildman–Crippen MR) is 106 cm³/mol. The molecule has 7 heteroatoms. The number of fused-ring (bicyclic) bond motifs is 1. The molecule has 0 saturated heterocycles. The Balaban J connectivity index is 1.85. The van der Waals surface area contributed by atoms with Crippen LogP contribution in [0.3, 0.4) is 0 Å². The third-order valence-electron chi connectivity index (χ3n) is 4.58. The SMILES string of the molecule is O=S(=O)(c1cccc(Cl)c1)N1CCn2cccc2C1c1ccc(Br)cc1. The van der Waals surface area contributed by atoms with E-state index < -0.39 is 10.0 Å². The molecule has 26 heavy (non-hydrogen) atoms. The van der Waals surface area contributed by atoms with Gasteiger partial charge in [-0.05, 0) is 48.0 Å². The molecule has 2 aromatic carbocycles. The maximum atomic E-state index is 13.4. The highest BCUT2D eigenvalue weighted by atomic mass is 79.9. The zero-order valence-corrected chi connectivity index (χ0v) is 16.9. The molecule has 4 nitrogen and oxygen atoms in total. The minimum Gasteiger partial charge on any atom is -0.348 e. The number of benzene rings is 2. The van der Waals surface area contributed by atoms with Gasteiger partial charge in [-0.3, -0.25) is 0 Å². The number of rotatable bonds is 3. The quantitative estimate of drug-likeness (QED) is 0.579. The Morgan fingerprint density at radius 1 is 1.00 bits per heavy atom. The van der Waals surface area contributed by atoms with Crippen molar-refractivity contribution in [2.75, 3.05) is 6.54 Å². The fourth-order valence-corrected chi connectivity index (χ4v) is 5.51. The van der Waals surface area contributed by atoms with Crippen LogP contribution in [-0.2, 0) is 16.6 Å². The Kier molecular flexibility index (Phi) is 4.69.